The van der Waals surface area contributed by atoms with E-state index in [2.05, 4.69) is 42.5 Å². The summed E-state index contributed by atoms with van der Waals surface area (Å²) in [6.45, 7) is 0.972. The van der Waals surface area contributed by atoms with Gasteiger partial charge in [0.05, 0.1) is 18.6 Å². The van der Waals surface area contributed by atoms with Gasteiger partial charge in [0.15, 0.2) is 0 Å². The maximum atomic E-state index is 9.32. The summed E-state index contributed by atoms with van der Waals surface area (Å²) in [6, 6.07) is 33.2. The predicted octanol–water partition coefficient (Wildman–Crippen LogP) is 2.65. The molecule has 3 rings (SSSR count). The highest BCUT2D eigenvalue weighted by molar-refractivity contribution is 7.95. The molecule has 0 fully saturated rings. The van der Waals surface area contributed by atoms with Crippen LogP contribution in [0.4, 0.5) is 0 Å². The Morgan fingerprint density at radius 1 is 0.889 bits per heavy atom. The summed E-state index contributed by atoms with van der Waals surface area (Å²) in [6.07, 6.45) is -0.222. The van der Waals surface area contributed by atoms with Crippen LogP contribution in [0.25, 0.3) is 0 Å². The number of rotatable bonds is 5. The second kappa shape index (κ2) is 10.3. The van der Waals surface area contributed by atoms with Gasteiger partial charge in [0.25, 0.3) is 0 Å². The summed E-state index contributed by atoms with van der Waals surface area (Å²) in [5, 5.41) is 21.9. The molecular formula is C23H22NO2P. The van der Waals surface area contributed by atoms with Gasteiger partial charge in [0, 0.05) is 7.34 Å². The van der Waals surface area contributed by atoms with Crippen molar-refractivity contribution in [3.63, 3.8) is 0 Å². The smallest absolute Gasteiger partial charge is 0.113 e. The molecule has 1 unspecified atom stereocenters. The molecule has 0 saturated carbocycles. The lowest BCUT2D eigenvalue weighted by Crippen LogP contribution is -2.33. The maximum absolute atomic E-state index is 9.32. The third kappa shape index (κ3) is 5.26. The van der Waals surface area contributed by atoms with Gasteiger partial charge in [-0.25, -0.2) is 0 Å². The van der Waals surface area contributed by atoms with E-state index in [9.17, 15) is 5.26 Å². The van der Waals surface area contributed by atoms with E-state index in [-0.39, 0.29) is 0 Å². The zero-order valence-corrected chi connectivity index (χ0v) is 16.1. The Hall–Kier alpha value is -2.95. The Morgan fingerprint density at radius 2 is 1.19 bits per heavy atom. The molecule has 136 valence electrons. The van der Waals surface area contributed by atoms with Crippen molar-refractivity contribution in [1.29, 1.82) is 5.26 Å². The minimum Gasteiger partial charge on any atom is -0.550 e. The standard InChI is InChI=1S/C21H19NP.C2H4O2/c22-17-10-18-23(19-11-4-1-5-12-19,20-13-6-2-7-14-20)21-15-8-3-9-16-21;1-2(3)4/h1-9,11-16H,10,18H2;1H3,(H,3,4)/q+1;/p-1/i10D;. The van der Waals surface area contributed by atoms with E-state index < -0.39 is 19.6 Å². The molecule has 0 radical (unpaired) electrons. The van der Waals surface area contributed by atoms with Crippen molar-refractivity contribution >= 4 is 29.1 Å². The minimum absolute atomic E-state index is 0.529. The van der Waals surface area contributed by atoms with E-state index in [1.165, 1.54) is 15.9 Å². The third-order valence-corrected chi connectivity index (χ3v) is 8.32. The molecule has 3 aromatic carbocycles. The number of carboxylic acids is 1. The predicted molar refractivity (Wildman–Crippen MR) is 111 cm³/mol. The Balaban J connectivity index is 0.000000640. The summed E-state index contributed by atoms with van der Waals surface area (Å²) in [7, 11) is -2.04. The van der Waals surface area contributed by atoms with Crippen LogP contribution in [0, 0.1) is 11.3 Å². The van der Waals surface area contributed by atoms with Crippen molar-refractivity contribution in [2.75, 3.05) is 6.16 Å². The van der Waals surface area contributed by atoms with E-state index in [0.717, 1.165) is 6.92 Å². The SMILES string of the molecule is CC(=O)[O-].[2H]C(C#N)C[P+](c1ccccc1)(c1ccccc1)c1ccccc1. The van der Waals surface area contributed by atoms with Crippen molar-refractivity contribution in [1.82, 2.24) is 0 Å². The average Bonchev–Trinajstić information content (AvgIpc) is 2.73. The molecule has 0 aliphatic heterocycles. The molecule has 0 aromatic heterocycles. The van der Waals surface area contributed by atoms with Gasteiger partial charge in [-0.2, -0.15) is 5.26 Å². The van der Waals surface area contributed by atoms with Gasteiger partial charge in [0.1, 0.15) is 23.2 Å². The number of aliphatic carboxylic acids is 1. The lowest BCUT2D eigenvalue weighted by atomic mass is 10.4. The van der Waals surface area contributed by atoms with Crippen LogP contribution in [-0.4, -0.2) is 12.1 Å². The molecule has 0 heterocycles. The van der Waals surface area contributed by atoms with Crippen molar-refractivity contribution in [2.45, 2.75) is 13.3 Å². The molecule has 0 aliphatic rings. The highest BCUT2D eigenvalue weighted by Gasteiger charge is 2.44. The molecule has 0 aliphatic carbocycles. The lowest BCUT2D eigenvalue weighted by molar-refractivity contribution is -0.302. The molecule has 0 bridgehead atoms. The molecule has 0 N–H and O–H groups in total. The molecule has 0 amide bonds. The van der Waals surface area contributed by atoms with E-state index in [1.807, 2.05) is 54.6 Å². The Labute approximate surface area is 162 Å². The fourth-order valence-corrected chi connectivity index (χ4v) is 6.91. The molecular weight excluding hydrogens is 353 g/mol. The largest absolute Gasteiger partial charge is 0.550 e. The molecule has 4 heteroatoms. The average molecular weight is 376 g/mol. The third-order valence-electron chi connectivity index (χ3n) is 4.05. The fourth-order valence-electron chi connectivity index (χ4n) is 2.99. The first kappa shape index (κ1) is 18.8. The normalized spacial score (nSPS) is 11.9. The summed E-state index contributed by atoms with van der Waals surface area (Å²) >= 11 is 0. The topological polar surface area (TPSA) is 63.9 Å². The maximum Gasteiger partial charge on any atom is 0.113 e. The number of nitriles is 1. The highest BCUT2D eigenvalue weighted by atomic mass is 31.2. The number of carboxylic acid groups (broad SMARTS) is 1. The van der Waals surface area contributed by atoms with Gasteiger partial charge in [-0.3, -0.25) is 0 Å². The van der Waals surface area contributed by atoms with Crippen LogP contribution >= 0.6 is 7.26 Å². The first-order valence-corrected chi connectivity index (χ1v) is 10.5. The zero-order chi connectivity index (χ0) is 20.4. The van der Waals surface area contributed by atoms with Gasteiger partial charge >= 0.3 is 0 Å². The van der Waals surface area contributed by atoms with Crippen molar-refractivity contribution in [2.24, 2.45) is 0 Å². The minimum atomic E-state index is -2.04. The number of nitrogens with zero attached hydrogens (tertiary/aromatic N) is 1. The van der Waals surface area contributed by atoms with Crippen LogP contribution in [0.1, 0.15) is 14.7 Å². The first-order chi connectivity index (χ1) is 13.5. The zero-order valence-electron chi connectivity index (χ0n) is 16.2. The summed E-state index contributed by atoms with van der Waals surface area (Å²) in [4.78, 5) is 8.89. The second-order valence-corrected chi connectivity index (χ2v) is 9.36. The molecule has 3 aromatic rings. The fraction of sp³-hybridized carbons (Fsp3) is 0.130. The van der Waals surface area contributed by atoms with Crippen LogP contribution in [0.3, 0.4) is 0 Å². The van der Waals surface area contributed by atoms with Gasteiger partial charge < -0.3 is 9.90 Å². The van der Waals surface area contributed by atoms with Gasteiger partial charge in [-0.15, -0.1) is 0 Å². The second-order valence-electron chi connectivity index (χ2n) is 5.82. The molecule has 1 atom stereocenters. The van der Waals surface area contributed by atoms with E-state index in [4.69, 9.17) is 11.3 Å². The van der Waals surface area contributed by atoms with E-state index in [1.54, 1.807) is 0 Å². The van der Waals surface area contributed by atoms with Gasteiger partial charge in [-0.05, 0) is 43.3 Å². The molecule has 27 heavy (non-hydrogen) atoms. The number of hydrogen-bond donors (Lipinski definition) is 0. The quantitative estimate of drug-likeness (QED) is 0.643. The summed E-state index contributed by atoms with van der Waals surface area (Å²) < 4.78 is 8.19. The summed E-state index contributed by atoms with van der Waals surface area (Å²) in [5.41, 5.74) is 0. The highest BCUT2D eigenvalue weighted by Crippen LogP contribution is 2.55. The van der Waals surface area contributed by atoms with E-state index in [0.29, 0.717) is 6.16 Å². The van der Waals surface area contributed by atoms with Crippen LogP contribution < -0.4 is 21.0 Å². The number of carbonyl (C=O) groups excluding carboxylic acids is 1. The van der Waals surface area contributed by atoms with E-state index >= 15 is 0 Å². The monoisotopic (exact) mass is 376 g/mol. The number of carbonyl (C=O) groups is 1. The van der Waals surface area contributed by atoms with Crippen LogP contribution in [0.2, 0.25) is 0 Å². The van der Waals surface area contributed by atoms with Crippen molar-refractivity contribution in [3.05, 3.63) is 91.0 Å². The Kier molecular flexibility index (Phi) is 7.16. The van der Waals surface area contributed by atoms with Crippen molar-refractivity contribution < 1.29 is 11.3 Å². The van der Waals surface area contributed by atoms with Crippen molar-refractivity contribution in [3.8, 4) is 6.07 Å². The summed E-state index contributed by atoms with van der Waals surface area (Å²) in [5.74, 6) is -1.08. The lowest BCUT2D eigenvalue weighted by Gasteiger charge is -2.26. The Morgan fingerprint density at radius 3 is 1.44 bits per heavy atom. The molecule has 0 saturated heterocycles. The number of hydrogen-bond acceptors (Lipinski definition) is 3. The van der Waals surface area contributed by atoms with Gasteiger partial charge in [-0.1, -0.05) is 54.6 Å². The molecule has 0 spiro atoms. The number of benzene rings is 3. The van der Waals surface area contributed by atoms with Crippen LogP contribution in [0.15, 0.2) is 91.0 Å². The Bertz CT molecular complexity index is 811. The van der Waals surface area contributed by atoms with Crippen LogP contribution in [0.5, 0.6) is 0 Å². The van der Waals surface area contributed by atoms with Crippen LogP contribution in [-0.2, 0) is 4.79 Å². The first-order valence-electron chi connectivity index (χ1n) is 9.13. The van der Waals surface area contributed by atoms with Gasteiger partial charge in [0.2, 0.25) is 0 Å². The molecule has 3 nitrogen and oxygen atoms in total.